The van der Waals surface area contributed by atoms with Crippen molar-refractivity contribution in [2.75, 3.05) is 18.1 Å². The van der Waals surface area contributed by atoms with Gasteiger partial charge in [-0.15, -0.1) is 0 Å². The highest BCUT2D eigenvalue weighted by molar-refractivity contribution is 7.99. The van der Waals surface area contributed by atoms with Crippen LogP contribution in [0.4, 0.5) is 0 Å². The molecule has 18 heavy (non-hydrogen) atoms. The fourth-order valence-corrected chi connectivity index (χ4v) is 1.98. The van der Waals surface area contributed by atoms with Gasteiger partial charge in [-0.3, -0.25) is 9.63 Å². The van der Waals surface area contributed by atoms with Gasteiger partial charge >= 0.3 is 5.97 Å². The van der Waals surface area contributed by atoms with Gasteiger partial charge < -0.3 is 5.11 Å². The number of thioether (sulfide) groups is 1. The number of rotatable bonds is 8. The largest absolute Gasteiger partial charge is 0.479 e. The molecule has 6 heteroatoms. The van der Waals surface area contributed by atoms with E-state index in [-0.39, 0.29) is 11.7 Å². The molecule has 0 aromatic heterocycles. The SMILES string of the molecule is O=C(O)CONC(=O)CSCCc1ccccc1. The Hall–Kier alpha value is -1.53. The zero-order valence-electron chi connectivity index (χ0n) is 9.80. The maximum absolute atomic E-state index is 11.2. The highest BCUT2D eigenvalue weighted by Crippen LogP contribution is 2.06. The molecule has 2 N–H and O–H groups in total. The lowest BCUT2D eigenvalue weighted by Gasteiger charge is -2.04. The number of carbonyl (C=O) groups is 2. The van der Waals surface area contributed by atoms with Crippen molar-refractivity contribution in [3.05, 3.63) is 35.9 Å². The summed E-state index contributed by atoms with van der Waals surface area (Å²) in [6.07, 6.45) is 0.898. The van der Waals surface area contributed by atoms with E-state index in [1.807, 2.05) is 30.3 Å². The summed E-state index contributed by atoms with van der Waals surface area (Å²) in [6.45, 7) is -0.527. The van der Waals surface area contributed by atoms with Crippen molar-refractivity contribution in [3.63, 3.8) is 0 Å². The quantitative estimate of drug-likeness (QED) is 0.546. The Bertz CT molecular complexity index is 383. The van der Waals surface area contributed by atoms with E-state index < -0.39 is 12.6 Å². The zero-order chi connectivity index (χ0) is 13.2. The number of carboxylic acids is 1. The van der Waals surface area contributed by atoms with E-state index in [0.29, 0.717) is 0 Å². The summed E-state index contributed by atoms with van der Waals surface area (Å²) in [4.78, 5) is 25.8. The summed E-state index contributed by atoms with van der Waals surface area (Å²) in [5.41, 5.74) is 3.30. The molecule has 0 heterocycles. The van der Waals surface area contributed by atoms with E-state index in [2.05, 4.69) is 10.3 Å². The molecule has 1 aromatic carbocycles. The molecule has 5 nitrogen and oxygen atoms in total. The topological polar surface area (TPSA) is 75.6 Å². The third-order valence-electron chi connectivity index (χ3n) is 1.99. The van der Waals surface area contributed by atoms with Crippen molar-refractivity contribution >= 4 is 23.6 Å². The summed E-state index contributed by atoms with van der Waals surface area (Å²) < 4.78 is 0. The van der Waals surface area contributed by atoms with Crippen molar-refractivity contribution in [1.29, 1.82) is 0 Å². The number of hydrogen-bond donors (Lipinski definition) is 2. The number of nitrogens with one attached hydrogen (secondary N) is 1. The van der Waals surface area contributed by atoms with E-state index >= 15 is 0 Å². The minimum absolute atomic E-state index is 0.256. The molecule has 0 saturated carbocycles. The Morgan fingerprint density at radius 1 is 1.28 bits per heavy atom. The predicted octanol–water partition coefficient (Wildman–Crippen LogP) is 1.09. The monoisotopic (exact) mass is 269 g/mol. The molecule has 0 atom stereocenters. The third-order valence-corrected chi connectivity index (χ3v) is 2.95. The zero-order valence-corrected chi connectivity index (χ0v) is 10.6. The van der Waals surface area contributed by atoms with Gasteiger partial charge in [0.05, 0.1) is 5.75 Å². The van der Waals surface area contributed by atoms with Gasteiger partial charge in [0.25, 0.3) is 5.91 Å². The van der Waals surface area contributed by atoms with Crippen LogP contribution in [0.1, 0.15) is 5.56 Å². The molecule has 0 aliphatic heterocycles. The van der Waals surface area contributed by atoms with E-state index in [9.17, 15) is 9.59 Å². The molecule has 0 unspecified atom stereocenters. The van der Waals surface area contributed by atoms with E-state index in [1.165, 1.54) is 17.3 Å². The maximum atomic E-state index is 11.2. The summed E-state index contributed by atoms with van der Waals surface area (Å²) in [7, 11) is 0. The molecule has 1 rings (SSSR count). The van der Waals surface area contributed by atoms with Crippen LogP contribution in [0.5, 0.6) is 0 Å². The molecule has 0 spiro atoms. The van der Waals surface area contributed by atoms with Crippen molar-refractivity contribution in [3.8, 4) is 0 Å². The molecular formula is C12H15NO4S. The number of aliphatic carboxylic acids is 1. The second kappa shape index (κ2) is 8.54. The number of carboxylic acid groups (broad SMARTS) is 1. The highest BCUT2D eigenvalue weighted by atomic mass is 32.2. The maximum Gasteiger partial charge on any atom is 0.332 e. The molecule has 1 aromatic rings. The van der Waals surface area contributed by atoms with E-state index in [0.717, 1.165) is 12.2 Å². The Labute approximate surface area is 109 Å². The molecule has 1 amide bonds. The highest BCUT2D eigenvalue weighted by Gasteiger charge is 2.03. The van der Waals surface area contributed by atoms with Crippen LogP contribution in [0.25, 0.3) is 0 Å². The van der Waals surface area contributed by atoms with Crippen molar-refractivity contribution in [1.82, 2.24) is 5.48 Å². The molecular weight excluding hydrogens is 254 g/mol. The van der Waals surface area contributed by atoms with Gasteiger partial charge in [-0.2, -0.15) is 11.8 Å². The minimum atomic E-state index is -1.12. The number of amides is 1. The summed E-state index contributed by atoms with van der Waals surface area (Å²) in [5.74, 6) is -0.357. The molecule has 0 aliphatic rings. The standard InChI is InChI=1S/C12H15NO4S/c14-11(13-17-8-12(15)16)9-18-7-6-10-4-2-1-3-5-10/h1-5H,6-9H2,(H,13,14)(H,15,16). The van der Waals surface area contributed by atoms with Gasteiger partial charge in [0.2, 0.25) is 0 Å². The van der Waals surface area contributed by atoms with Crippen LogP contribution in [0.2, 0.25) is 0 Å². The van der Waals surface area contributed by atoms with Crippen LogP contribution in [0, 0.1) is 0 Å². The minimum Gasteiger partial charge on any atom is -0.479 e. The van der Waals surface area contributed by atoms with Crippen LogP contribution in [0.15, 0.2) is 30.3 Å². The second-order valence-electron chi connectivity index (χ2n) is 3.50. The molecule has 98 valence electrons. The lowest BCUT2D eigenvalue weighted by molar-refractivity contribution is -0.148. The first kappa shape index (κ1) is 14.5. The fourth-order valence-electron chi connectivity index (χ4n) is 1.21. The van der Waals surface area contributed by atoms with Crippen molar-refractivity contribution < 1.29 is 19.5 Å². The van der Waals surface area contributed by atoms with Crippen molar-refractivity contribution in [2.24, 2.45) is 0 Å². The van der Waals surface area contributed by atoms with Crippen LogP contribution in [0.3, 0.4) is 0 Å². The fraction of sp³-hybridized carbons (Fsp3) is 0.333. The first-order valence-electron chi connectivity index (χ1n) is 5.42. The number of hydrogen-bond acceptors (Lipinski definition) is 4. The average molecular weight is 269 g/mol. The van der Waals surface area contributed by atoms with Crippen LogP contribution in [-0.4, -0.2) is 35.1 Å². The van der Waals surface area contributed by atoms with Gasteiger partial charge in [0, 0.05) is 0 Å². The van der Waals surface area contributed by atoms with E-state index in [1.54, 1.807) is 0 Å². The first-order chi connectivity index (χ1) is 8.68. The Balaban J connectivity index is 2.04. The normalized spacial score (nSPS) is 10.0. The Kier molecular flexibility index (Phi) is 6.90. The molecule has 0 bridgehead atoms. The number of hydroxylamine groups is 1. The third kappa shape index (κ3) is 6.93. The molecule has 0 fully saturated rings. The van der Waals surface area contributed by atoms with E-state index in [4.69, 9.17) is 5.11 Å². The molecule has 0 aliphatic carbocycles. The van der Waals surface area contributed by atoms with Crippen molar-refractivity contribution in [2.45, 2.75) is 6.42 Å². The van der Waals surface area contributed by atoms with Gasteiger partial charge in [0.1, 0.15) is 0 Å². The Morgan fingerprint density at radius 2 is 2.00 bits per heavy atom. The molecule has 0 saturated heterocycles. The lowest BCUT2D eigenvalue weighted by atomic mass is 10.2. The van der Waals surface area contributed by atoms with Gasteiger partial charge in [-0.1, -0.05) is 30.3 Å². The summed E-state index contributed by atoms with van der Waals surface area (Å²) >= 11 is 1.48. The van der Waals surface area contributed by atoms with Crippen LogP contribution >= 0.6 is 11.8 Å². The second-order valence-corrected chi connectivity index (χ2v) is 4.60. The summed E-state index contributed by atoms with van der Waals surface area (Å²) in [5, 5.41) is 8.29. The lowest BCUT2D eigenvalue weighted by Crippen LogP contribution is -2.28. The van der Waals surface area contributed by atoms with Gasteiger partial charge in [-0.05, 0) is 17.7 Å². The Morgan fingerprint density at radius 3 is 2.67 bits per heavy atom. The van der Waals surface area contributed by atoms with Crippen LogP contribution in [-0.2, 0) is 20.8 Å². The first-order valence-corrected chi connectivity index (χ1v) is 6.58. The van der Waals surface area contributed by atoms with Gasteiger partial charge in [-0.25, -0.2) is 10.3 Å². The number of aryl methyl sites for hydroxylation is 1. The number of carbonyl (C=O) groups excluding carboxylic acids is 1. The van der Waals surface area contributed by atoms with Crippen LogP contribution < -0.4 is 5.48 Å². The predicted molar refractivity (Wildman–Crippen MR) is 69.2 cm³/mol. The summed E-state index contributed by atoms with van der Waals surface area (Å²) in [6, 6.07) is 10.00. The molecule has 0 radical (unpaired) electrons. The smallest absolute Gasteiger partial charge is 0.332 e. The number of benzene rings is 1. The average Bonchev–Trinajstić information content (AvgIpc) is 2.35. The van der Waals surface area contributed by atoms with Gasteiger partial charge in [0.15, 0.2) is 6.61 Å².